The van der Waals surface area contributed by atoms with Gasteiger partial charge in [-0.1, -0.05) is 18.3 Å². The summed E-state index contributed by atoms with van der Waals surface area (Å²) in [5.74, 6) is 2.13. The summed E-state index contributed by atoms with van der Waals surface area (Å²) in [6, 6.07) is 9.56. The average molecular weight is 345 g/mol. The lowest BCUT2D eigenvalue weighted by molar-refractivity contribution is 0.210. The van der Waals surface area contributed by atoms with E-state index >= 15 is 0 Å². The summed E-state index contributed by atoms with van der Waals surface area (Å²) in [5, 5.41) is 0. The van der Waals surface area contributed by atoms with Crippen LogP contribution < -0.4 is 19.9 Å². The summed E-state index contributed by atoms with van der Waals surface area (Å²) in [5.41, 5.74) is 9.95. The first kappa shape index (κ1) is 18.1. The van der Waals surface area contributed by atoms with E-state index in [2.05, 4.69) is 26.8 Å². The summed E-state index contributed by atoms with van der Waals surface area (Å²) in [6.07, 6.45) is 0. The Labute approximate surface area is 148 Å². The molecular weight excluding hydrogens is 322 g/mol. The molecule has 24 heavy (non-hydrogen) atoms. The van der Waals surface area contributed by atoms with Gasteiger partial charge < -0.3 is 19.9 Å². The third-order valence-corrected chi connectivity index (χ3v) is 4.05. The van der Waals surface area contributed by atoms with Gasteiger partial charge in [0.1, 0.15) is 24.0 Å². The van der Waals surface area contributed by atoms with E-state index < -0.39 is 0 Å². The van der Waals surface area contributed by atoms with Crippen molar-refractivity contribution in [1.82, 2.24) is 0 Å². The van der Waals surface area contributed by atoms with Crippen molar-refractivity contribution in [3.63, 3.8) is 0 Å². The van der Waals surface area contributed by atoms with Gasteiger partial charge in [-0.2, -0.15) is 0 Å². The first-order chi connectivity index (χ1) is 11.4. The monoisotopic (exact) mass is 345 g/mol. The van der Waals surface area contributed by atoms with Gasteiger partial charge in [0, 0.05) is 5.56 Å². The van der Waals surface area contributed by atoms with Gasteiger partial charge in [-0.3, -0.25) is 0 Å². The van der Waals surface area contributed by atoms with Gasteiger partial charge in [0.15, 0.2) is 11.5 Å². The summed E-state index contributed by atoms with van der Waals surface area (Å²) >= 11 is 5.00. The molecule has 2 rings (SSSR count). The molecule has 5 heteroatoms. The lowest BCUT2D eigenvalue weighted by Gasteiger charge is -2.14. The Morgan fingerprint density at radius 1 is 0.958 bits per heavy atom. The van der Waals surface area contributed by atoms with Gasteiger partial charge in [-0.25, -0.2) is 0 Å². The predicted octanol–water partition coefficient (Wildman–Crippen LogP) is 3.71. The molecule has 0 aliphatic carbocycles. The van der Waals surface area contributed by atoms with Gasteiger partial charge in [0.05, 0.1) is 7.11 Å². The lowest BCUT2D eigenvalue weighted by Crippen LogP contribution is -2.12. The van der Waals surface area contributed by atoms with Crippen molar-refractivity contribution in [2.24, 2.45) is 5.73 Å². The van der Waals surface area contributed by atoms with Crippen LogP contribution in [0.4, 0.5) is 0 Å². The molecule has 0 amide bonds. The van der Waals surface area contributed by atoms with Crippen molar-refractivity contribution in [1.29, 1.82) is 0 Å². The maximum Gasteiger partial charge on any atom is 0.162 e. The Bertz CT molecular complexity index is 744. The van der Waals surface area contributed by atoms with Gasteiger partial charge in [-0.05, 0) is 61.7 Å². The second-order valence-electron chi connectivity index (χ2n) is 5.63. The molecule has 0 radical (unpaired) electrons. The summed E-state index contributed by atoms with van der Waals surface area (Å²) in [4.78, 5) is 0.324. The molecular formula is C19H23NO3S. The SMILES string of the molecule is COc1ccc(C(N)=S)cc1OCCOc1cc(C)cc(C)c1C. The fraction of sp³-hybridized carbons (Fsp3) is 0.316. The minimum atomic E-state index is 0.324. The van der Waals surface area contributed by atoms with Crippen LogP contribution >= 0.6 is 12.2 Å². The van der Waals surface area contributed by atoms with E-state index in [1.165, 1.54) is 11.1 Å². The van der Waals surface area contributed by atoms with Crippen LogP contribution in [-0.2, 0) is 0 Å². The standard InChI is InChI=1S/C19H23NO3S/c1-12-9-13(2)14(3)17(10-12)22-7-8-23-18-11-15(19(20)24)5-6-16(18)21-4/h5-6,9-11H,7-8H2,1-4H3,(H2,20,24). The van der Waals surface area contributed by atoms with Crippen molar-refractivity contribution < 1.29 is 14.2 Å². The molecule has 0 saturated carbocycles. The molecule has 0 heterocycles. The lowest BCUT2D eigenvalue weighted by atomic mass is 10.1. The van der Waals surface area contributed by atoms with Crippen molar-refractivity contribution in [2.75, 3.05) is 20.3 Å². The third-order valence-electron chi connectivity index (χ3n) is 3.81. The van der Waals surface area contributed by atoms with E-state index in [1.807, 2.05) is 12.1 Å². The number of hydrogen-bond donors (Lipinski definition) is 1. The second-order valence-corrected chi connectivity index (χ2v) is 6.07. The zero-order valence-electron chi connectivity index (χ0n) is 14.5. The molecule has 4 nitrogen and oxygen atoms in total. The molecule has 0 bridgehead atoms. The molecule has 0 spiro atoms. The maximum absolute atomic E-state index is 5.86. The largest absolute Gasteiger partial charge is 0.493 e. The van der Waals surface area contributed by atoms with E-state index in [0.717, 1.165) is 16.9 Å². The van der Waals surface area contributed by atoms with Crippen LogP contribution in [0.1, 0.15) is 22.3 Å². The molecule has 2 N–H and O–H groups in total. The summed E-state index contributed by atoms with van der Waals surface area (Å²) < 4.78 is 16.9. The van der Waals surface area contributed by atoms with Crippen LogP contribution in [0.3, 0.4) is 0 Å². The maximum atomic E-state index is 5.86. The molecule has 0 atom stereocenters. The number of rotatable bonds is 7. The fourth-order valence-electron chi connectivity index (χ4n) is 2.40. The van der Waals surface area contributed by atoms with E-state index in [9.17, 15) is 0 Å². The normalized spacial score (nSPS) is 10.3. The Morgan fingerprint density at radius 3 is 2.25 bits per heavy atom. The highest BCUT2D eigenvalue weighted by Gasteiger charge is 2.08. The highest BCUT2D eigenvalue weighted by atomic mass is 32.1. The zero-order chi connectivity index (χ0) is 17.7. The van der Waals surface area contributed by atoms with Crippen LogP contribution in [0.2, 0.25) is 0 Å². The van der Waals surface area contributed by atoms with Gasteiger partial charge >= 0.3 is 0 Å². The van der Waals surface area contributed by atoms with Crippen molar-refractivity contribution in [3.05, 3.63) is 52.6 Å². The van der Waals surface area contributed by atoms with Crippen molar-refractivity contribution in [3.8, 4) is 17.2 Å². The summed E-state index contributed by atoms with van der Waals surface area (Å²) in [6.45, 7) is 7.02. The van der Waals surface area contributed by atoms with Crippen molar-refractivity contribution >= 4 is 17.2 Å². The zero-order valence-corrected chi connectivity index (χ0v) is 15.3. The summed E-state index contributed by atoms with van der Waals surface area (Å²) in [7, 11) is 1.60. The second kappa shape index (κ2) is 8.02. The Hall–Kier alpha value is -2.27. The molecule has 0 fully saturated rings. The quantitative estimate of drug-likeness (QED) is 0.612. The number of benzene rings is 2. The van der Waals surface area contributed by atoms with E-state index in [1.54, 1.807) is 19.2 Å². The first-order valence-corrected chi connectivity index (χ1v) is 8.14. The molecule has 128 valence electrons. The molecule has 2 aromatic rings. The van der Waals surface area contributed by atoms with Gasteiger partial charge in [0.25, 0.3) is 0 Å². The van der Waals surface area contributed by atoms with E-state index in [-0.39, 0.29) is 0 Å². The number of methoxy groups -OCH3 is 1. The number of nitrogens with two attached hydrogens (primary N) is 1. The number of aryl methyl sites for hydroxylation is 2. The smallest absolute Gasteiger partial charge is 0.162 e. The Kier molecular flexibility index (Phi) is 6.04. The molecule has 0 aliphatic rings. The first-order valence-electron chi connectivity index (χ1n) is 7.73. The highest BCUT2D eigenvalue weighted by Crippen LogP contribution is 2.28. The van der Waals surface area contributed by atoms with Crippen LogP contribution in [0, 0.1) is 20.8 Å². The van der Waals surface area contributed by atoms with Crippen molar-refractivity contribution in [2.45, 2.75) is 20.8 Å². The Balaban J connectivity index is 2.00. The Morgan fingerprint density at radius 2 is 1.62 bits per heavy atom. The molecule has 0 unspecified atom stereocenters. The number of hydrogen-bond acceptors (Lipinski definition) is 4. The van der Waals surface area contributed by atoms with E-state index in [0.29, 0.717) is 29.7 Å². The molecule has 0 aliphatic heterocycles. The van der Waals surface area contributed by atoms with Crippen LogP contribution in [0.25, 0.3) is 0 Å². The molecule has 0 aromatic heterocycles. The molecule has 0 saturated heterocycles. The van der Waals surface area contributed by atoms with Crippen LogP contribution in [0.5, 0.6) is 17.2 Å². The van der Waals surface area contributed by atoms with Gasteiger partial charge in [0.2, 0.25) is 0 Å². The van der Waals surface area contributed by atoms with Gasteiger partial charge in [-0.15, -0.1) is 0 Å². The van der Waals surface area contributed by atoms with Crippen LogP contribution in [0.15, 0.2) is 30.3 Å². The predicted molar refractivity (Wildman–Crippen MR) is 101 cm³/mol. The number of thiocarbonyl (C=S) groups is 1. The molecule has 2 aromatic carbocycles. The minimum absolute atomic E-state index is 0.324. The average Bonchev–Trinajstić information content (AvgIpc) is 2.55. The van der Waals surface area contributed by atoms with Crippen LogP contribution in [-0.4, -0.2) is 25.3 Å². The topological polar surface area (TPSA) is 53.7 Å². The minimum Gasteiger partial charge on any atom is -0.493 e. The third kappa shape index (κ3) is 4.38. The highest BCUT2D eigenvalue weighted by molar-refractivity contribution is 7.80. The van der Waals surface area contributed by atoms with E-state index in [4.69, 9.17) is 32.2 Å². The fourth-order valence-corrected chi connectivity index (χ4v) is 2.52. The number of ether oxygens (including phenoxy) is 3.